The zero-order chi connectivity index (χ0) is 25.1. The van der Waals surface area contributed by atoms with Crippen LogP contribution < -0.4 is 21.7 Å². The fraction of sp³-hybridized carbons (Fsp3) is 0.579. The first-order chi connectivity index (χ1) is 15.5. The number of hydrogen-bond donors (Lipinski definition) is 8. The van der Waals surface area contributed by atoms with Crippen molar-refractivity contribution in [3.8, 4) is 0 Å². The number of carbonyl (C=O) groups excluding carboxylic acids is 3. The number of aliphatic carboxylic acids is 2. The molecule has 14 nitrogen and oxygen atoms in total. The summed E-state index contributed by atoms with van der Waals surface area (Å²) < 4.78 is 0. The zero-order valence-corrected chi connectivity index (χ0v) is 18.3. The van der Waals surface area contributed by atoms with E-state index in [4.69, 9.17) is 10.8 Å². The van der Waals surface area contributed by atoms with E-state index in [2.05, 4.69) is 25.9 Å². The molecule has 1 rings (SSSR count). The van der Waals surface area contributed by atoms with Crippen molar-refractivity contribution in [1.29, 1.82) is 0 Å². The molecule has 0 saturated heterocycles. The van der Waals surface area contributed by atoms with Gasteiger partial charge in [-0.05, 0) is 5.92 Å². The maximum atomic E-state index is 12.5. The molecular formula is C19H30N6O8. The van der Waals surface area contributed by atoms with Gasteiger partial charge in [0.15, 0.2) is 0 Å². The van der Waals surface area contributed by atoms with Gasteiger partial charge in [0.1, 0.15) is 18.1 Å². The summed E-state index contributed by atoms with van der Waals surface area (Å²) in [4.78, 5) is 66.5. The van der Waals surface area contributed by atoms with Crippen LogP contribution in [0.4, 0.5) is 0 Å². The number of aromatic amines is 1. The molecule has 1 aromatic heterocycles. The Morgan fingerprint density at radius 3 is 2.15 bits per heavy atom. The average molecular weight is 470 g/mol. The normalized spacial score (nSPS) is 15.4. The van der Waals surface area contributed by atoms with Gasteiger partial charge in [0, 0.05) is 18.3 Å². The highest BCUT2D eigenvalue weighted by Crippen LogP contribution is 2.09. The van der Waals surface area contributed by atoms with Crippen molar-refractivity contribution < 1.29 is 39.3 Å². The molecule has 0 aromatic carbocycles. The fourth-order valence-electron chi connectivity index (χ4n) is 2.79. The third-order valence-electron chi connectivity index (χ3n) is 4.94. The Bertz CT molecular complexity index is 830. The van der Waals surface area contributed by atoms with Gasteiger partial charge in [0.05, 0.1) is 25.4 Å². The molecule has 0 radical (unpaired) electrons. The molecule has 5 unspecified atom stereocenters. The highest BCUT2D eigenvalue weighted by Gasteiger charge is 2.32. The van der Waals surface area contributed by atoms with Crippen LogP contribution in [-0.4, -0.2) is 85.7 Å². The van der Waals surface area contributed by atoms with Gasteiger partial charge in [-0.2, -0.15) is 0 Å². The highest BCUT2D eigenvalue weighted by molar-refractivity contribution is 5.95. The van der Waals surface area contributed by atoms with Crippen LogP contribution in [0.5, 0.6) is 0 Å². The van der Waals surface area contributed by atoms with Gasteiger partial charge < -0.3 is 42.0 Å². The Morgan fingerprint density at radius 2 is 1.67 bits per heavy atom. The number of hydrogen-bond acceptors (Lipinski definition) is 8. The topological polar surface area (TPSA) is 237 Å². The predicted octanol–water partition coefficient (Wildman–Crippen LogP) is -2.67. The molecule has 184 valence electrons. The lowest BCUT2D eigenvalue weighted by Crippen LogP contribution is -2.59. The second-order valence-corrected chi connectivity index (χ2v) is 7.50. The molecular weight excluding hydrogens is 440 g/mol. The molecule has 0 aliphatic rings. The number of nitrogens with two attached hydrogens (primary N) is 1. The maximum Gasteiger partial charge on any atom is 0.326 e. The van der Waals surface area contributed by atoms with Gasteiger partial charge in [-0.15, -0.1) is 0 Å². The van der Waals surface area contributed by atoms with E-state index in [0.29, 0.717) is 12.1 Å². The van der Waals surface area contributed by atoms with Crippen LogP contribution in [-0.2, 0) is 30.4 Å². The second kappa shape index (κ2) is 13.1. The summed E-state index contributed by atoms with van der Waals surface area (Å²) in [6.07, 6.45) is 2.50. The number of amides is 3. The highest BCUT2D eigenvalue weighted by atomic mass is 16.4. The SMILES string of the molecule is CCC(C)C(NC(=O)C(CC(=O)O)NC(=O)C(CO)NC(=O)C(N)Cc1cnc[nH]1)C(=O)O. The molecule has 0 aliphatic carbocycles. The predicted molar refractivity (Wildman–Crippen MR) is 112 cm³/mol. The van der Waals surface area contributed by atoms with E-state index in [9.17, 15) is 34.2 Å². The monoisotopic (exact) mass is 470 g/mol. The van der Waals surface area contributed by atoms with E-state index in [1.165, 1.54) is 12.5 Å². The first kappa shape index (κ1) is 27.5. The number of aliphatic hydroxyl groups is 1. The van der Waals surface area contributed by atoms with Crippen LogP contribution in [0, 0.1) is 5.92 Å². The van der Waals surface area contributed by atoms with Crippen LogP contribution in [0.25, 0.3) is 0 Å². The van der Waals surface area contributed by atoms with Crippen molar-refractivity contribution in [1.82, 2.24) is 25.9 Å². The van der Waals surface area contributed by atoms with Gasteiger partial charge in [-0.25, -0.2) is 9.78 Å². The average Bonchev–Trinajstić information content (AvgIpc) is 3.26. The van der Waals surface area contributed by atoms with E-state index in [1.807, 2.05) is 0 Å². The minimum atomic E-state index is -1.65. The van der Waals surface area contributed by atoms with E-state index in [0.717, 1.165) is 0 Å². The van der Waals surface area contributed by atoms with Crippen molar-refractivity contribution >= 4 is 29.7 Å². The molecule has 0 bridgehead atoms. The number of H-pyrrole nitrogens is 1. The van der Waals surface area contributed by atoms with Gasteiger partial charge in [0.25, 0.3) is 0 Å². The molecule has 3 amide bonds. The summed E-state index contributed by atoms with van der Waals surface area (Å²) in [6.45, 7) is 2.45. The summed E-state index contributed by atoms with van der Waals surface area (Å²) in [5.41, 5.74) is 6.35. The van der Waals surface area contributed by atoms with E-state index in [1.54, 1.807) is 13.8 Å². The lowest BCUT2D eigenvalue weighted by molar-refractivity contribution is -0.144. The quantitative estimate of drug-likeness (QED) is 0.140. The first-order valence-electron chi connectivity index (χ1n) is 10.2. The molecule has 9 N–H and O–H groups in total. The molecule has 0 fully saturated rings. The minimum absolute atomic E-state index is 0.0713. The standard InChI is InChI=1S/C19H30N6O8/c1-3-9(2)15(19(32)33)25-17(30)12(5-14(27)28)23-18(31)13(7-26)24-16(29)11(20)4-10-6-21-8-22-10/h6,8-9,11-13,15,26H,3-5,7,20H2,1-2H3,(H,21,22)(H,23,31)(H,24,29)(H,25,30)(H,27,28)(H,32,33). The number of imidazole rings is 1. The molecule has 0 aliphatic heterocycles. The molecule has 14 heteroatoms. The van der Waals surface area contributed by atoms with E-state index >= 15 is 0 Å². The van der Waals surface area contributed by atoms with Crippen molar-refractivity contribution in [3.63, 3.8) is 0 Å². The summed E-state index contributed by atoms with van der Waals surface area (Å²) in [7, 11) is 0. The molecule has 33 heavy (non-hydrogen) atoms. The van der Waals surface area contributed by atoms with E-state index in [-0.39, 0.29) is 6.42 Å². The smallest absolute Gasteiger partial charge is 0.326 e. The van der Waals surface area contributed by atoms with Crippen LogP contribution >= 0.6 is 0 Å². The maximum absolute atomic E-state index is 12.5. The number of rotatable bonds is 14. The summed E-state index contributed by atoms with van der Waals surface area (Å²) in [5.74, 6) is -6.06. The van der Waals surface area contributed by atoms with E-state index < -0.39 is 72.8 Å². The van der Waals surface area contributed by atoms with Crippen molar-refractivity contribution in [2.45, 2.75) is 57.3 Å². The lowest BCUT2D eigenvalue weighted by atomic mass is 9.98. The number of aromatic nitrogens is 2. The van der Waals surface area contributed by atoms with Gasteiger partial charge >= 0.3 is 11.9 Å². The van der Waals surface area contributed by atoms with Crippen molar-refractivity contribution in [3.05, 3.63) is 18.2 Å². The minimum Gasteiger partial charge on any atom is -0.481 e. The molecule has 1 heterocycles. The number of carbonyl (C=O) groups is 5. The van der Waals surface area contributed by atoms with Crippen LogP contribution in [0.2, 0.25) is 0 Å². The Morgan fingerprint density at radius 1 is 1.06 bits per heavy atom. The Kier molecular flexibility index (Phi) is 10.9. The van der Waals surface area contributed by atoms with Crippen LogP contribution in [0.1, 0.15) is 32.4 Å². The lowest BCUT2D eigenvalue weighted by Gasteiger charge is -2.25. The molecule has 0 saturated carbocycles. The molecule has 0 spiro atoms. The van der Waals surface area contributed by atoms with Crippen molar-refractivity contribution in [2.24, 2.45) is 11.7 Å². The third-order valence-corrected chi connectivity index (χ3v) is 4.94. The van der Waals surface area contributed by atoms with Crippen LogP contribution in [0.3, 0.4) is 0 Å². The number of carboxylic acid groups (broad SMARTS) is 2. The zero-order valence-electron chi connectivity index (χ0n) is 18.3. The van der Waals surface area contributed by atoms with Gasteiger partial charge in [-0.1, -0.05) is 20.3 Å². The van der Waals surface area contributed by atoms with Gasteiger partial charge in [0.2, 0.25) is 17.7 Å². The largest absolute Gasteiger partial charge is 0.481 e. The fourth-order valence-corrected chi connectivity index (χ4v) is 2.79. The number of aliphatic hydroxyl groups excluding tert-OH is 1. The number of nitrogens with zero attached hydrogens (tertiary/aromatic N) is 1. The van der Waals surface area contributed by atoms with Crippen molar-refractivity contribution in [2.75, 3.05) is 6.61 Å². The number of nitrogens with one attached hydrogen (secondary N) is 4. The third kappa shape index (κ3) is 8.86. The Hall–Kier alpha value is -3.52. The summed E-state index contributed by atoms with van der Waals surface area (Å²) in [5, 5.41) is 34.5. The Balaban J connectivity index is 2.85. The summed E-state index contributed by atoms with van der Waals surface area (Å²) >= 11 is 0. The second-order valence-electron chi connectivity index (χ2n) is 7.50. The summed E-state index contributed by atoms with van der Waals surface area (Å²) in [6, 6.07) is -5.56. The number of carboxylic acids is 2. The Labute approximate surface area is 189 Å². The first-order valence-corrected chi connectivity index (χ1v) is 10.2. The van der Waals surface area contributed by atoms with Crippen LogP contribution in [0.15, 0.2) is 12.5 Å². The molecule has 5 atom stereocenters. The van der Waals surface area contributed by atoms with Gasteiger partial charge in [-0.3, -0.25) is 19.2 Å². The molecule has 1 aromatic rings.